The lowest BCUT2D eigenvalue weighted by Gasteiger charge is -2.06. The predicted octanol–water partition coefficient (Wildman–Crippen LogP) is 2.77. The fourth-order valence-electron chi connectivity index (χ4n) is 2.31. The Bertz CT molecular complexity index is 658. The second-order valence-electron chi connectivity index (χ2n) is 4.65. The topological polar surface area (TPSA) is 38.4 Å². The van der Waals surface area contributed by atoms with E-state index in [0.29, 0.717) is 24.4 Å². The van der Waals surface area contributed by atoms with E-state index in [-0.39, 0.29) is 0 Å². The lowest BCUT2D eigenvalue weighted by molar-refractivity contribution is 0.580. The molecule has 3 rings (SSSR count). The zero-order valence-electron chi connectivity index (χ0n) is 10.2. The first kappa shape index (κ1) is 11.8. The molecule has 4 heteroatoms. The lowest BCUT2D eigenvalue weighted by Crippen LogP contribution is -2.10. The summed E-state index contributed by atoms with van der Waals surface area (Å²) < 4.78 is 26.3. The molecule has 2 nitrogen and oxygen atoms in total. The van der Waals surface area contributed by atoms with Gasteiger partial charge in [0.25, 0.3) is 0 Å². The summed E-state index contributed by atoms with van der Waals surface area (Å²) in [5, 5.41) is 0. The number of nitrogens with zero attached hydrogens (tertiary/aromatic N) is 1. The number of hydrogen-bond acceptors (Lipinski definition) is 2. The van der Waals surface area contributed by atoms with E-state index in [1.54, 1.807) is 0 Å². The van der Waals surface area contributed by atoms with Gasteiger partial charge in [-0.25, -0.2) is 8.78 Å². The van der Waals surface area contributed by atoms with Gasteiger partial charge >= 0.3 is 0 Å². The largest absolute Gasteiger partial charge is 0.383 e. The molecule has 1 aliphatic heterocycles. The third-order valence-electron chi connectivity index (χ3n) is 3.20. The molecule has 1 aliphatic rings. The second kappa shape index (κ2) is 4.46. The smallest absolute Gasteiger partial charge is 0.126 e. The molecule has 1 heterocycles. The molecule has 0 radical (unpaired) electrons. The third-order valence-corrected chi connectivity index (χ3v) is 3.20. The zero-order valence-corrected chi connectivity index (χ0v) is 10.2. The van der Waals surface area contributed by atoms with Crippen LogP contribution in [0.2, 0.25) is 0 Å². The van der Waals surface area contributed by atoms with Crippen molar-refractivity contribution in [3.05, 3.63) is 70.3 Å². The van der Waals surface area contributed by atoms with E-state index in [1.807, 2.05) is 18.2 Å². The van der Waals surface area contributed by atoms with Gasteiger partial charge in [0.1, 0.15) is 17.5 Å². The first-order valence-corrected chi connectivity index (χ1v) is 5.99. The number of nitrogens with two attached hydrogens (primary N) is 1. The molecule has 19 heavy (non-hydrogen) atoms. The molecule has 0 amide bonds. The van der Waals surface area contributed by atoms with E-state index in [1.165, 1.54) is 12.1 Å². The van der Waals surface area contributed by atoms with Crippen LogP contribution < -0.4 is 5.73 Å². The highest BCUT2D eigenvalue weighted by molar-refractivity contribution is 6.00. The highest BCUT2D eigenvalue weighted by atomic mass is 19.1. The molecule has 0 bridgehead atoms. The average Bonchev–Trinajstić information content (AvgIpc) is 2.70. The van der Waals surface area contributed by atoms with Crippen molar-refractivity contribution in [3.63, 3.8) is 0 Å². The van der Waals surface area contributed by atoms with Crippen LogP contribution in [0.4, 0.5) is 8.78 Å². The Morgan fingerprint density at radius 1 is 1.00 bits per heavy atom. The van der Waals surface area contributed by atoms with Crippen molar-refractivity contribution in [2.75, 3.05) is 0 Å². The summed E-state index contributed by atoms with van der Waals surface area (Å²) >= 11 is 0. The minimum Gasteiger partial charge on any atom is -0.383 e. The van der Waals surface area contributed by atoms with Gasteiger partial charge in [-0.3, -0.25) is 4.99 Å². The van der Waals surface area contributed by atoms with E-state index < -0.39 is 11.6 Å². The third kappa shape index (κ3) is 2.34. The number of halogens is 2. The number of aliphatic imine (C=N–C) groups is 1. The van der Waals surface area contributed by atoms with Crippen molar-refractivity contribution in [2.24, 2.45) is 10.7 Å². The van der Waals surface area contributed by atoms with Gasteiger partial charge in [0, 0.05) is 11.6 Å². The summed E-state index contributed by atoms with van der Waals surface area (Å²) in [6, 6.07) is 9.39. The van der Waals surface area contributed by atoms with Crippen LogP contribution in [0.5, 0.6) is 0 Å². The molecule has 0 saturated heterocycles. The van der Waals surface area contributed by atoms with Gasteiger partial charge in [-0.1, -0.05) is 12.1 Å². The summed E-state index contributed by atoms with van der Waals surface area (Å²) in [5.41, 5.74) is 9.37. The van der Waals surface area contributed by atoms with Crippen molar-refractivity contribution in [2.45, 2.75) is 13.0 Å². The fourth-order valence-corrected chi connectivity index (χ4v) is 2.31. The van der Waals surface area contributed by atoms with Crippen LogP contribution in [0.3, 0.4) is 0 Å². The Labute approximate surface area is 109 Å². The van der Waals surface area contributed by atoms with E-state index in [9.17, 15) is 8.78 Å². The zero-order chi connectivity index (χ0) is 13.4. The lowest BCUT2D eigenvalue weighted by atomic mass is 10.00. The summed E-state index contributed by atoms with van der Waals surface area (Å²) in [6.07, 6.45) is 0.468. The Kier molecular flexibility index (Phi) is 2.78. The van der Waals surface area contributed by atoms with Gasteiger partial charge < -0.3 is 5.73 Å². The maximum atomic E-state index is 13.1. The first-order chi connectivity index (χ1) is 9.11. The monoisotopic (exact) mass is 258 g/mol. The van der Waals surface area contributed by atoms with E-state index >= 15 is 0 Å². The maximum absolute atomic E-state index is 13.1. The molecule has 2 N–H and O–H groups in total. The number of rotatable bonds is 2. The predicted molar refractivity (Wildman–Crippen MR) is 70.0 cm³/mol. The van der Waals surface area contributed by atoms with E-state index in [4.69, 9.17) is 5.73 Å². The summed E-state index contributed by atoms with van der Waals surface area (Å²) in [6.45, 7) is 0.607. The molecule has 2 aromatic carbocycles. The van der Waals surface area contributed by atoms with Gasteiger partial charge in [0.15, 0.2) is 0 Å². The second-order valence-corrected chi connectivity index (χ2v) is 4.65. The van der Waals surface area contributed by atoms with Gasteiger partial charge in [0.2, 0.25) is 0 Å². The Morgan fingerprint density at radius 3 is 2.47 bits per heavy atom. The summed E-state index contributed by atoms with van der Waals surface area (Å²) in [5.74, 6) is -0.586. The molecule has 0 aliphatic carbocycles. The van der Waals surface area contributed by atoms with Crippen LogP contribution in [0.1, 0.15) is 22.3 Å². The molecular formula is C15H12F2N2. The van der Waals surface area contributed by atoms with Crippen molar-refractivity contribution >= 4 is 5.84 Å². The average molecular weight is 258 g/mol. The standard InChI is InChI=1S/C15H12F2N2/c16-12-4-10(5-13(17)7-12)3-9-1-2-11-8-19-15(18)14(11)6-9/h1-2,4-7H,3,8H2,(H2,18,19). The number of amidine groups is 1. The Morgan fingerprint density at radius 2 is 1.74 bits per heavy atom. The molecule has 0 saturated carbocycles. The molecular weight excluding hydrogens is 246 g/mol. The minimum absolute atomic E-state index is 0.468. The van der Waals surface area contributed by atoms with Crippen molar-refractivity contribution in [1.82, 2.24) is 0 Å². The molecule has 0 aromatic heterocycles. The highest BCUT2D eigenvalue weighted by Crippen LogP contribution is 2.21. The summed E-state index contributed by atoms with van der Waals surface area (Å²) in [7, 11) is 0. The quantitative estimate of drug-likeness (QED) is 0.883. The van der Waals surface area contributed by atoms with Crippen LogP contribution in [0, 0.1) is 11.6 Å². The van der Waals surface area contributed by atoms with Gasteiger partial charge in [0.05, 0.1) is 6.54 Å². The van der Waals surface area contributed by atoms with E-state index in [0.717, 1.165) is 22.8 Å². The van der Waals surface area contributed by atoms with Crippen LogP contribution in [0.25, 0.3) is 0 Å². The van der Waals surface area contributed by atoms with Crippen LogP contribution in [0.15, 0.2) is 41.4 Å². The Hall–Kier alpha value is -2.23. The van der Waals surface area contributed by atoms with Crippen molar-refractivity contribution < 1.29 is 8.78 Å². The maximum Gasteiger partial charge on any atom is 0.126 e. The number of hydrogen-bond donors (Lipinski definition) is 1. The van der Waals surface area contributed by atoms with Crippen LogP contribution in [-0.2, 0) is 13.0 Å². The molecule has 96 valence electrons. The number of fused-ring (bicyclic) bond motifs is 1. The fraction of sp³-hybridized carbons (Fsp3) is 0.133. The minimum atomic E-state index is -0.558. The molecule has 0 fully saturated rings. The first-order valence-electron chi connectivity index (χ1n) is 5.99. The van der Waals surface area contributed by atoms with Crippen molar-refractivity contribution in [3.8, 4) is 0 Å². The van der Waals surface area contributed by atoms with Gasteiger partial charge in [-0.15, -0.1) is 0 Å². The van der Waals surface area contributed by atoms with Crippen LogP contribution in [-0.4, -0.2) is 5.84 Å². The SMILES string of the molecule is NC1=NCc2ccc(Cc3cc(F)cc(F)c3)cc21. The number of benzene rings is 2. The Balaban J connectivity index is 1.92. The van der Waals surface area contributed by atoms with Crippen LogP contribution >= 0.6 is 0 Å². The van der Waals surface area contributed by atoms with E-state index in [2.05, 4.69) is 4.99 Å². The van der Waals surface area contributed by atoms with Gasteiger partial charge in [-0.05, 0) is 41.3 Å². The highest BCUT2D eigenvalue weighted by Gasteiger charge is 2.13. The normalized spacial score (nSPS) is 13.3. The summed E-state index contributed by atoms with van der Waals surface area (Å²) in [4.78, 5) is 4.15. The molecule has 0 atom stereocenters. The van der Waals surface area contributed by atoms with Crippen molar-refractivity contribution in [1.29, 1.82) is 0 Å². The molecule has 0 unspecified atom stereocenters. The molecule has 2 aromatic rings. The molecule has 0 spiro atoms. The van der Waals surface area contributed by atoms with Gasteiger partial charge in [-0.2, -0.15) is 0 Å².